The zero-order valence-electron chi connectivity index (χ0n) is 10.9. The van der Waals surface area contributed by atoms with E-state index in [4.69, 9.17) is 0 Å². The smallest absolute Gasteiger partial charge is 0.246 e. The van der Waals surface area contributed by atoms with Crippen molar-refractivity contribution >= 4 is 33.2 Å². The first-order chi connectivity index (χ1) is 9.56. The number of anilines is 2. The molecule has 0 aliphatic rings. The molecule has 0 radical (unpaired) electrons. The number of rotatable bonds is 4. The van der Waals surface area contributed by atoms with E-state index in [9.17, 15) is 9.18 Å². The molecule has 0 fully saturated rings. The lowest BCUT2D eigenvalue weighted by atomic mass is 10.2. The van der Waals surface area contributed by atoms with Crippen molar-refractivity contribution in [1.82, 2.24) is 0 Å². The van der Waals surface area contributed by atoms with Gasteiger partial charge in [-0.2, -0.15) is 0 Å². The van der Waals surface area contributed by atoms with Crippen LogP contribution in [0.5, 0.6) is 0 Å². The monoisotopic (exact) mass is 336 g/mol. The van der Waals surface area contributed by atoms with Crippen LogP contribution in [-0.4, -0.2) is 11.9 Å². The number of halogens is 2. The molecule has 0 bridgehead atoms. The highest BCUT2D eigenvalue weighted by Gasteiger charge is 2.13. The Morgan fingerprint density at radius 2 is 1.85 bits per heavy atom. The summed E-state index contributed by atoms with van der Waals surface area (Å²) >= 11 is 3.09. The second kappa shape index (κ2) is 6.52. The van der Waals surface area contributed by atoms with Gasteiger partial charge in [-0.3, -0.25) is 4.79 Å². The first kappa shape index (κ1) is 14.5. The molecule has 20 heavy (non-hydrogen) atoms. The minimum Gasteiger partial charge on any atom is -0.374 e. The SMILES string of the molecule is CC(Nc1ccc(Br)c(F)c1)C(=O)Nc1ccccc1. The predicted octanol–water partition coefficient (Wildman–Crippen LogP) is 4.03. The van der Waals surface area contributed by atoms with E-state index in [1.807, 2.05) is 30.3 Å². The molecule has 0 spiro atoms. The lowest BCUT2D eigenvalue weighted by Crippen LogP contribution is -2.31. The molecule has 1 amide bonds. The van der Waals surface area contributed by atoms with Crippen molar-refractivity contribution in [2.45, 2.75) is 13.0 Å². The summed E-state index contributed by atoms with van der Waals surface area (Å²) in [6.07, 6.45) is 0. The van der Waals surface area contributed by atoms with Crippen LogP contribution in [0.15, 0.2) is 53.0 Å². The molecule has 0 aliphatic carbocycles. The molecule has 0 saturated heterocycles. The molecule has 2 aromatic carbocycles. The van der Waals surface area contributed by atoms with Gasteiger partial charge in [0.1, 0.15) is 11.9 Å². The molecular weight excluding hydrogens is 323 g/mol. The highest BCUT2D eigenvalue weighted by Crippen LogP contribution is 2.20. The van der Waals surface area contributed by atoms with Gasteiger partial charge in [0, 0.05) is 11.4 Å². The Labute approximate surface area is 125 Å². The molecular formula is C15H14BrFN2O. The van der Waals surface area contributed by atoms with Crippen molar-refractivity contribution in [2.24, 2.45) is 0 Å². The van der Waals surface area contributed by atoms with Gasteiger partial charge in [-0.05, 0) is 53.2 Å². The fourth-order valence-corrected chi connectivity index (χ4v) is 1.92. The lowest BCUT2D eigenvalue weighted by Gasteiger charge is -2.15. The number of hydrogen-bond acceptors (Lipinski definition) is 2. The summed E-state index contributed by atoms with van der Waals surface area (Å²) < 4.78 is 13.8. The van der Waals surface area contributed by atoms with Crippen LogP contribution < -0.4 is 10.6 Å². The topological polar surface area (TPSA) is 41.1 Å². The molecule has 5 heteroatoms. The van der Waals surface area contributed by atoms with Crippen molar-refractivity contribution in [3.05, 3.63) is 58.8 Å². The Kier molecular flexibility index (Phi) is 4.74. The van der Waals surface area contributed by atoms with Crippen molar-refractivity contribution in [3.8, 4) is 0 Å². The van der Waals surface area contributed by atoms with Crippen LogP contribution in [0.4, 0.5) is 15.8 Å². The summed E-state index contributed by atoms with van der Waals surface area (Å²) in [4.78, 5) is 12.0. The average molecular weight is 337 g/mol. The zero-order valence-corrected chi connectivity index (χ0v) is 12.4. The molecule has 1 unspecified atom stereocenters. The van der Waals surface area contributed by atoms with Gasteiger partial charge in [-0.25, -0.2) is 4.39 Å². The minimum atomic E-state index is -0.476. The molecule has 2 N–H and O–H groups in total. The molecule has 0 saturated carbocycles. The van der Waals surface area contributed by atoms with Gasteiger partial charge in [-0.1, -0.05) is 18.2 Å². The summed E-state index contributed by atoms with van der Waals surface area (Å²) in [5.41, 5.74) is 1.29. The highest BCUT2D eigenvalue weighted by atomic mass is 79.9. The molecule has 104 valence electrons. The quantitative estimate of drug-likeness (QED) is 0.885. The predicted molar refractivity (Wildman–Crippen MR) is 82.3 cm³/mol. The maximum absolute atomic E-state index is 13.4. The van der Waals surface area contributed by atoms with E-state index >= 15 is 0 Å². The number of carbonyl (C=O) groups excluding carboxylic acids is 1. The molecule has 3 nitrogen and oxygen atoms in total. The number of carbonyl (C=O) groups is 1. The van der Waals surface area contributed by atoms with Gasteiger partial charge in [-0.15, -0.1) is 0 Å². The second-order valence-corrected chi connectivity index (χ2v) is 5.20. The third-order valence-corrected chi connectivity index (χ3v) is 3.38. The largest absolute Gasteiger partial charge is 0.374 e. The van der Waals surface area contributed by atoms with Crippen LogP contribution in [0.3, 0.4) is 0 Å². The second-order valence-electron chi connectivity index (χ2n) is 4.35. The fourth-order valence-electron chi connectivity index (χ4n) is 1.67. The maximum atomic E-state index is 13.4. The van der Waals surface area contributed by atoms with E-state index in [1.54, 1.807) is 19.1 Å². The Morgan fingerprint density at radius 1 is 1.15 bits per heavy atom. The zero-order chi connectivity index (χ0) is 14.5. The van der Waals surface area contributed by atoms with Crippen molar-refractivity contribution in [2.75, 3.05) is 10.6 Å². The average Bonchev–Trinajstić information content (AvgIpc) is 2.44. The summed E-state index contributed by atoms with van der Waals surface area (Å²) in [5.74, 6) is -0.551. The van der Waals surface area contributed by atoms with Crippen LogP contribution in [0.2, 0.25) is 0 Å². The first-order valence-corrected chi connectivity index (χ1v) is 6.93. The van der Waals surface area contributed by atoms with Gasteiger partial charge in [0.25, 0.3) is 0 Å². The number of nitrogens with one attached hydrogen (secondary N) is 2. The van der Waals surface area contributed by atoms with E-state index < -0.39 is 6.04 Å². The molecule has 0 aliphatic heterocycles. The highest BCUT2D eigenvalue weighted by molar-refractivity contribution is 9.10. The lowest BCUT2D eigenvalue weighted by molar-refractivity contribution is -0.116. The Hall–Kier alpha value is -1.88. The molecule has 1 atom stereocenters. The summed E-state index contributed by atoms with van der Waals surface area (Å²) in [6.45, 7) is 1.72. The summed E-state index contributed by atoms with van der Waals surface area (Å²) in [5, 5.41) is 5.74. The molecule has 0 heterocycles. The molecule has 2 aromatic rings. The maximum Gasteiger partial charge on any atom is 0.246 e. The number of amides is 1. The Balaban J connectivity index is 1.98. The number of benzene rings is 2. The van der Waals surface area contributed by atoms with Crippen LogP contribution in [-0.2, 0) is 4.79 Å². The van der Waals surface area contributed by atoms with E-state index in [2.05, 4.69) is 26.6 Å². The molecule has 0 aromatic heterocycles. The number of para-hydroxylation sites is 1. The van der Waals surface area contributed by atoms with Gasteiger partial charge < -0.3 is 10.6 Å². The van der Waals surface area contributed by atoms with Crippen LogP contribution in [0.25, 0.3) is 0 Å². The Morgan fingerprint density at radius 3 is 2.50 bits per heavy atom. The summed E-state index contributed by atoms with van der Waals surface area (Å²) in [6, 6.07) is 13.4. The van der Waals surface area contributed by atoms with E-state index in [0.29, 0.717) is 10.2 Å². The van der Waals surface area contributed by atoms with E-state index in [-0.39, 0.29) is 11.7 Å². The minimum absolute atomic E-state index is 0.181. The van der Waals surface area contributed by atoms with Gasteiger partial charge >= 0.3 is 0 Å². The van der Waals surface area contributed by atoms with Crippen molar-refractivity contribution < 1.29 is 9.18 Å². The normalized spacial score (nSPS) is 11.8. The van der Waals surface area contributed by atoms with Crippen molar-refractivity contribution in [3.63, 3.8) is 0 Å². The van der Waals surface area contributed by atoms with Crippen LogP contribution in [0.1, 0.15) is 6.92 Å². The van der Waals surface area contributed by atoms with Gasteiger partial charge in [0.2, 0.25) is 5.91 Å². The molecule has 2 rings (SSSR count). The fraction of sp³-hybridized carbons (Fsp3) is 0.133. The Bertz CT molecular complexity index is 604. The van der Waals surface area contributed by atoms with E-state index in [1.165, 1.54) is 6.07 Å². The van der Waals surface area contributed by atoms with Gasteiger partial charge in [0.15, 0.2) is 0 Å². The van der Waals surface area contributed by atoms with Crippen LogP contribution >= 0.6 is 15.9 Å². The standard InChI is InChI=1S/C15H14BrFN2O/c1-10(15(20)19-11-5-3-2-4-6-11)18-12-7-8-13(16)14(17)9-12/h2-10,18H,1H3,(H,19,20). The third kappa shape index (κ3) is 3.81. The van der Waals surface area contributed by atoms with Gasteiger partial charge in [0.05, 0.1) is 4.47 Å². The van der Waals surface area contributed by atoms with E-state index in [0.717, 1.165) is 5.69 Å². The number of hydrogen-bond donors (Lipinski definition) is 2. The van der Waals surface area contributed by atoms with Crippen molar-refractivity contribution in [1.29, 1.82) is 0 Å². The summed E-state index contributed by atoms with van der Waals surface area (Å²) in [7, 11) is 0. The van der Waals surface area contributed by atoms with Crippen LogP contribution in [0, 0.1) is 5.82 Å². The third-order valence-electron chi connectivity index (χ3n) is 2.74. The first-order valence-electron chi connectivity index (χ1n) is 6.14.